The van der Waals surface area contributed by atoms with Gasteiger partial charge in [0.25, 0.3) is 0 Å². The molecular formula is C21H33N3O. The number of hydrogen-bond donors (Lipinski definition) is 2. The number of nitrogens with zero attached hydrogens (tertiary/aromatic N) is 1. The van der Waals surface area contributed by atoms with Crippen molar-refractivity contribution in [2.24, 2.45) is 4.99 Å². The zero-order chi connectivity index (χ0) is 17.7. The fourth-order valence-corrected chi connectivity index (χ4v) is 3.17. The number of anilines is 1. The highest BCUT2D eigenvalue weighted by Gasteiger charge is 2.08. The number of aliphatic imine (C=N–C) groups is 1. The Balaban J connectivity index is 1.45. The fraction of sp³-hybridized carbons (Fsp3) is 0.619. The summed E-state index contributed by atoms with van der Waals surface area (Å²) in [7, 11) is 0. The second-order valence-corrected chi connectivity index (χ2v) is 6.92. The van der Waals surface area contributed by atoms with Gasteiger partial charge in [-0.2, -0.15) is 0 Å². The van der Waals surface area contributed by atoms with Crippen LogP contribution < -0.4 is 10.6 Å². The molecule has 1 aliphatic rings. The Labute approximate surface area is 152 Å². The Bertz CT molecular complexity index is 554. The minimum atomic E-state index is -0.127. The van der Waals surface area contributed by atoms with Crippen LogP contribution in [0, 0.1) is 0 Å². The number of fused-ring (bicyclic) bond motifs is 1. The van der Waals surface area contributed by atoms with Crippen LogP contribution in [0.25, 0.3) is 0 Å². The summed E-state index contributed by atoms with van der Waals surface area (Å²) < 4.78 is 0. The van der Waals surface area contributed by atoms with Crippen molar-refractivity contribution in [2.45, 2.75) is 77.6 Å². The van der Waals surface area contributed by atoms with E-state index in [4.69, 9.17) is 0 Å². The van der Waals surface area contributed by atoms with Gasteiger partial charge in [-0.3, -0.25) is 4.99 Å². The van der Waals surface area contributed by atoms with Crippen LogP contribution in [0.2, 0.25) is 0 Å². The molecule has 1 aromatic rings. The highest BCUT2D eigenvalue weighted by Crippen LogP contribution is 2.27. The molecule has 1 aliphatic heterocycles. The van der Waals surface area contributed by atoms with Crippen molar-refractivity contribution >= 4 is 23.6 Å². The van der Waals surface area contributed by atoms with Crippen molar-refractivity contribution < 1.29 is 4.79 Å². The van der Waals surface area contributed by atoms with Crippen molar-refractivity contribution in [3.8, 4) is 0 Å². The largest absolute Gasteiger partial charge is 0.338 e. The first-order valence-electron chi connectivity index (χ1n) is 10.00. The SMILES string of the molecule is CCCCCCCCCCCCNC(=O)Nc1ccc2c(c1)N=CC2. The lowest BCUT2D eigenvalue weighted by Crippen LogP contribution is -2.29. The van der Waals surface area contributed by atoms with E-state index < -0.39 is 0 Å². The first kappa shape index (κ1) is 19.5. The van der Waals surface area contributed by atoms with Gasteiger partial charge in [0.1, 0.15) is 0 Å². The maximum atomic E-state index is 11.9. The van der Waals surface area contributed by atoms with E-state index in [0.29, 0.717) is 0 Å². The zero-order valence-corrected chi connectivity index (χ0v) is 15.7. The average Bonchev–Trinajstić information content (AvgIpc) is 3.07. The summed E-state index contributed by atoms with van der Waals surface area (Å²) in [4.78, 5) is 16.2. The van der Waals surface area contributed by atoms with E-state index in [-0.39, 0.29) is 6.03 Å². The number of carbonyl (C=O) groups excluding carboxylic acids is 1. The zero-order valence-electron chi connectivity index (χ0n) is 15.7. The van der Waals surface area contributed by atoms with E-state index in [1.165, 1.54) is 63.4 Å². The van der Waals surface area contributed by atoms with Crippen LogP contribution in [-0.4, -0.2) is 18.8 Å². The molecule has 138 valence electrons. The normalized spacial score (nSPS) is 12.2. The van der Waals surface area contributed by atoms with Gasteiger partial charge < -0.3 is 10.6 Å². The summed E-state index contributed by atoms with van der Waals surface area (Å²) in [5.41, 5.74) is 2.99. The van der Waals surface area contributed by atoms with Crippen LogP contribution in [0.15, 0.2) is 23.2 Å². The predicted octanol–water partition coefficient (Wildman–Crippen LogP) is 5.99. The highest BCUT2D eigenvalue weighted by atomic mass is 16.2. The summed E-state index contributed by atoms with van der Waals surface area (Å²) in [5, 5.41) is 5.82. The molecule has 4 nitrogen and oxygen atoms in total. The molecule has 2 amide bonds. The van der Waals surface area contributed by atoms with Crippen molar-refractivity contribution in [1.82, 2.24) is 5.32 Å². The Kier molecular flexibility index (Phi) is 9.09. The van der Waals surface area contributed by atoms with Crippen molar-refractivity contribution in [1.29, 1.82) is 0 Å². The van der Waals surface area contributed by atoms with Crippen LogP contribution >= 0.6 is 0 Å². The molecular weight excluding hydrogens is 310 g/mol. The summed E-state index contributed by atoms with van der Waals surface area (Å²) in [6.45, 7) is 3.00. The lowest BCUT2D eigenvalue weighted by Gasteiger charge is -2.08. The summed E-state index contributed by atoms with van der Waals surface area (Å²) in [6, 6.07) is 5.77. The van der Waals surface area contributed by atoms with E-state index in [0.717, 1.165) is 30.8 Å². The molecule has 0 unspecified atom stereocenters. The molecule has 0 saturated heterocycles. The monoisotopic (exact) mass is 343 g/mol. The van der Waals surface area contributed by atoms with E-state index in [1.54, 1.807) is 0 Å². The van der Waals surface area contributed by atoms with Crippen molar-refractivity contribution in [3.05, 3.63) is 23.8 Å². The van der Waals surface area contributed by atoms with Crippen molar-refractivity contribution in [3.63, 3.8) is 0 Å². The Morgan fingerprint density at radius 3 is 2.40 bits per heavy atom. The minimum Gasteiger partial charge on any atom is -0.338 e. The number of carbonyl (C=O) groups is 1. The van der Waals surface area contributed by atoms with Gasteiger partial charge >= 0.3 is 6.03 Å². The van der Waals surface area contributed by atoms with Gasteiger partial charge in [0, 0.05) is 24.9 Å². The standard InChI is InChI=1S/C21H33N3O/c1-2-3-4-5-6-7-8-9-10-11-15-23-21(25)24-19-13-12-18-14-16-22-20(18)17-19/h12-13,16-17H,2-11,14-15H2,1H3,(H2,23,24,25). The van der Waals surface area contributed by atoms with Crippen LogP contribution in [0.3, 0.4) is 0 Å². The Morgan fingerprint density at radius 2 is 1.68 bits per heavy atom. The molecule has 0 fully saturated rings. The summed E-state index contributed by atoms with van der Waals surface area (Å²) >= 11 is 0. The van der Waals surface area contributed by atoms with Gasteiger partial charge in [-0.25, -0.2) is 4.79 Å². The average molecular weight is 344 g/mol. The third-order valence-electron chi connectivity index (χ3n) is 4.70. The van der Waals surface area contributed by atoms with E-state index in [2.05, 4.69) is 22.5 Å². The lowest BCUT2D eigenvalue weighted by molar-refractivity contribution is 0.252. The van der Waals surface area contributed by atoms with Crippen LogP contribution in [0.5, 0.6) is 0 Å². The number of amides is 2. The number of rotatable bonds is 12. The second-order valence-electron chi connectivity index (χ2n) is 6.92. The van der Waals surface area contributed by atoms with Crippen LogP contribution in [0.4, 0.5) is 16.2 Å². The summed E-state index contributed by atoms with van der Waals surface area (Å²) in [6.07, 6.45) is 15.9. The Hall–Kier alpha value is -1.84. The first-order valence-corrected chi connectivity index (χ1v) is 10.00. The minimum absolute atomic E-state index is 0.127. The molecule has 0 spiro atoms. The van der Waals surface area contributed by atoms with Gasteiger partial charge in [-0.05, 0) is 24.1 Å². The van der Waals surface area contributed by atoms with E-state index in [9.17, 15) is 4.79 Å². The maximum Gasteiger partial charge on any atom is 0.319 e. The molecule has 2 N–H and O–H groups in total. The number of nitrogens with one attached hydrogen (secondary N) is 2. The molecule has 0 aliphatic carbocycles. The van der Waals surface area contributed by atoms with Gasteiger partial charge in [0.2, 0.25) is 0 Å². The predicted molar refractivity (Wildman–Crippen MR) is 107 cm³/mol. The van der Waals surface area contributed by atoms with Crippen LogP contribution in [-0.2, 0) is 6.42 Å². The third-order valence-corrected chi connectivity index (χ3v) is 4.70. The quantitative estimate of drug-likeness (QED) is 0.450. The highest BCUT2D eigenvalue weighted by molar-refractivity contribution is 5.90. The second kappa shape index (κ2) is 11.7. The number of urea groups is 1. The molecule has 25 heavy (non-hydrogen) atoms. The number of benzene rings is 1. The molecule has 0 radical (unpaired) electrons. The van der Waals surface area contributed by atoms with E-state index >= 15 is 0 Å². The molecule has 0 aromatic heterocycles. The molecule has 2 rings (SSSR count). The molecule has 4 heteroatoms. The van der Waals surface area contributed by atoms with Gasteiger partial charge in [0.15, 0.2) is 0 Å². The van der Waals surface area contributed by atoms with Gasteiger partial charge in [-0.1, -0.05) is 70.8 Å². The molecule has 0 bridgehead atoms. The number of hydrogen-bond acceptors (Lipinski definition) is 2. The van der Waals surface area contributed by atoms with Gasteiger partial charge in [-0.15, -0.1) is 0 Å². The number of unbranched alkanes of at least 4 members (excludes halogenated alkanes) is 9. The van der Waals surface area contributed by atoms with Crippen molar-refractivity contribution in [2.75, 3.05) is 11.9 Å². The third kappa shape index (κ3) is 7.72. The van der Waals surface area contributed by atoms with E-state index in [1.807, 2.05) is 24.4 Å². The fourth-order valence-electron chi connectivity index (χ4n) is 3.17. The maximum absolute atomic E-state index is 11.9. The van der Waals surface area contributed by atoms with Gasteiger partial charge in [0.05, 0.1) is 5.69 Å². The topological polar surface area (TPSA) is 53.5 Å². The van der Waals surface area contributed by atoms with Crippen LogP contribution in [0.1, 0.15) is 76.7 Å². The Morgan fingerprint density at radius 1 is 1.00 bits per heavy atom. The molecule has 1 heterocycles. The molecule has 0 saturated carbocycles. The molecule has 1 aromatic carbocycles. The molecule has 0 atom stereocenters. The summed E-state index contributed by atoms with van der Waals surface area (Å²) in [5.74, 6) is 0. The first-order chi connectivity index (χ1) is 12.3. The lowest BCUT2D eigenvalue weighted by atomic mass is 10.1. The smallest absolute Gasteiger partial charge is 0.319 e.